The average Bonchev–Trinajstić information content (AvgIpc) is 3.18. The molecule has 0 saturated heterocycles. The van der Waals surface area contributed by atoms with Gasteiger partial charge in [-0.1, -0.05) is 11.6 Å². The van der Waals surface area contributed by atoms with Crippen LogP contribution in [0.25, 0.3) is 21.9 Å². The summed E-state index contributed by atoms with van der Waals surface area (Å²) in [6, 6.07) is 6.36. The van der Waals surface area contributed by atoms with E-state index in [-0.39, 0.29) is 23.3 Å². The SMILES string of the molecule is COc1cc2oc(=O)c(CC(=O)N[C@H](Cc3c[nH]c4ccc(O)cc34)C(=O)[O-])c(C)c2cc1Cl. The average molecular weight is 484 g/mol. The summed E-state index contributed by atoms with van der Waals surface area (Å²) in [6.07, 6.45) is 1.12. The molecule has 0 radical (unpaired) electrons. The number of phenolic OH excluding ortho intramolecular Hbond substituents is 1. The summed E-state index contributed by atoms with van der Waals surface area (Å²) in [4.78, 5) is 40.0. The summed E-state index contributed by atoms with van der Waals surface area (Å²) >= 11 is 6.18. The molecule has 0 aliphatic heterocycles. The van der Waals surface area contributed by atoms with Crippen LogP contribution in [0.4, 0.5) is 0 Å². The van der Waals surface area contributed by atoms with Crippen LogP contribution in [0.1, 0.15) is 16.7 Å². The van der Waals surface area contributed by atoms with Crippen molar-refractivity contribution in [3.63, 3.8) is 0 Å². The number of ether oxygens (including phenoxy) is 1. The highest BCUT2D eigenvalue weighted by Gasteiger charge is 2.20. The maximum atomic E-state index is 12.7. The van der Waals surface area contributed by atoms with Crippen molar-refractivity contribution < 1.29 is 29.0 Å². The minimum atomic E-state index is -1.48. The van der Waals surface area contributed by atoms with E-state index in [0.29, 0.717) is 38.2 Å². The number of halogens is 1. The van der Waals surface area contributed by atoms with Crippen LogP contribution in [-0.2, 0) is 22.4 Å². The molecule has 0 aliphatic rings. The van der Waals surface area contributed by atoms with E-state index < -0.39 is 30.0 Å². The Balaban J connectivity index is 1.58. The minimum absolute atomic E-state index is 0.0265. The van der Waals surface area contributed by atoms with Crippen molar-refractivity contribution in [2.45, 2.75) is 25.8 Å². The van der Waals surface area contributed by atoms with Crippen LogP contribution in [-0.4, -0.2) is 35.1 Å². The standard InChI is InChI=1S/C24H21ClN2O7/c1-11-14-7-17(25)21(33-2)9-20(14)34-24(32)15(11)8-22(29)27-19(23(30)31)5-12-10-26-18-4-3-13(28)6-16(12)18/h3-4,6-7,9-10,19,26,28H,5,8H2,1-2H3,(H,27,29)(H,30,31)/p-1/t19-/m1/s1. The Morgan fingerprint density at radius 2 is 2.03 bits per heavy atom. The van der Waals surface area contributed by atoms with Crippen LogP contribution in [0.15, 0.2) is 45.7 Å². The van der Waals surface area contributed by atoms with Gasteiger partial charge in [-0.2, -0.15) is 0 Å². The van der Waals surface area contributed by atoms with E-state index in [1.165, 1.54) is 25.3 Å². The Labute approximate surface area is 197 Å². The molecule has 0 saturated carbocycles. The molecule has 4 rings (SSSR count). The van der Waals surface area contributed by atoms with Gasteiger partial charge in [0.25, 0.3) is 0 Å². The van der Waals surface area contributed by atoms with Crippen LogP contribution in [0.2, 0.25) is 5.02 Å². The van der Waals surface area contributed by atoms with E-state index in [4.69, 9.17) is 20.8 Å². The van der Waals surface area contributed by atoms with E-state index in [1.54, 1.807) is 25.3 Å². The summed E-state index contributed by atoms with van der Waals surface area (Å²) in [6.45, 7) is 1.65. The number of aromatic amines is 1. The molecule has 1 amide bonds. The van der Waals surface area contributed by atoms with Gasteiger partial charge >= 0.3 is 5.63 Å². The molecule has 0 bridgehead atoms. The number of aryl methyl sites for hydroxylation is 1. The third-order valence-electron chi connectivity index (χ3n) is 5.69. The number of rotatable bonds is 7. The summed E-state index contributed by atoms with van der Waals surface area (Å²) in [5.41, 5.74) is 1.38. The fraction of sp³-hybridized carbons (Fsp3) is 0.208. The molecule has 34 heavy (non-hydrogen) atoms. The van der Waals surface area contributed by atoms with Gasteiger partial charge in [0.1, 0.15) is 17.1 Å². The monoisotopic (exact) mass is 483 g/mol. The lowest BCUT2D eigenvalue weighted by Crippen LogP contribution is -2.49. The van der Waals surface area contributed by atoms with E-state index in [1.807, 2.05) is 0 Å². The van der Waals surface area contributed by atoms with Gasteiger partial charge in [-0.05, 0) is 42.3 Å². The number of methoxy groups -OCH3 is 1. The smallest absolute Gasteiger partial charge is 0.340 e. The van der Waals surface area contributed by atoms with Gasteiger partial charge in [0.15, 0.2) is 0 Å². The van der Waals surface area contributed by atoms with Gasteiger partial charge in [-0.15, -0.1) is 0 Å². The van der Waals surface area contributed by atoms with Crippen molar-refractivity contribution in [3.05, 3.63) is 68.7 Å². The van der Waals surface area contributed by atoms with Crippen molar-refractivity contribution >= 4 is 45.3 Å². The lowest BCUT2D eigenvalue weighted by atomic mass is 10.0. The number of hydrogen-bond donors (Lipinski definition) is 3. The van der Waals surface area contributed by atoms with Crippen molar-refractivity contribution in [2.24, 2.45) is 0 Å². The first-order chi connectivity index (χ1) is 16.2. The number of hydrogen-bond acceptors (Lipinski definition) is 7. The first kappa shape index (κ1) is 23.2. The van der Waals surface area contributed by atoms with Crippen molar-refractivity contribution in [1.82, 2.24) is 10.3 Å². The molecule has 3 N–H and O–H groups in total. The molecular weight excluding hydrogens is 464 g/mol. The van der Waals surface area contributed by atoms with E-state index in [2.05, 4.69) is 10.3 Å². The first-order valence-electron chi connectivity index (χ1n) is 10.3. The zero-order valence-electron chi connectivity index (χ0n) is 18.2. The van der Waals surface area contributed by atoms with Crippen LogP contribution in [0.3, 0.4) is 0 Å². The second-order valence-electron chi connectivity index (χ2n) is 7.84. The molecular formula is C24H20ClN2O7-. The molecule has 2 aromatic carbocycles. The van der Waals surface area contributed by atoms with Gasteiger partial charge in [0.2, 0.25) is 5.91 Å². The van der Waals surface area contributed by atoms with Crippen LogP contribution < -0.4 is 20.8 Å². The van der Waals surface area contributed by atoms with Gasteiger partial charge in [0, 0.05) is 35.0 Å². The number of carboxylic acids is 1. The second-order valence-corrected chi connectivity index (χ2v) is 8.25. The van der Waals surface area contributed by atoms with Crippen LogP contribution in [0, 0.1) is 6.92 Å². The number of carbonyl (C=O) groups excluding carboxylic acids is 2. The Bertz CT molecular complexity index is 1490. The number of aromatic nitrogens is 1. The summed E-state index contributed by atoms with van der Waals surface area (Å²) in [7, 11) is 1.43. The normalized spacial score (nSPS) is 12.1. The van der Waals surface area contributed by atoms with Gasteiger partial charge in [-0.3, -0.25) is 4.79 Å². The second kappa shape index (κ2) is 9.11. The quantitative estimate of drug-likeness (QED) is 0.341. The zero-order valence-corrected chi connectivity index (χ0v) is 19.0. The Kier molecular flexibility index (Phi) is 6.21. The highest BCUT2D eigenvalue weighted by Crippen LogP contribution is 2.31. The van der Waals surface area contributed by atoms with Gasteiger partial charge in [-0.25, -0.2) is 4.79 Å². The van der Waals surface area contributed by atoms with Gasteiger partial charge in [0.05, 0.1) is 36.1 Å². The third kappa shape index (κ3) is 4.42. The molecule has 176 valence electrons. The molecule has 4 aromatic rings. The number of aromatic hydroxyl groups is 1. The highest BCUT2D eigenvalue weighted by molar-refractivity contribution is 6.32. The third-order valence-corrected chi connectivity index (χ3v) is 5.99. The summed E-state index contributed by atoms with van der Waals surface area (Å²) < 4.78 is 10.5. The molecule has 10 heteroatoms. The molecule has 0 aliphatic carbocycles. The zero-order chi connectivity index (χ0) is 24.6. The highest BCUT2D eigenvalue weighted by atomic mass is 35.5. The molecule has 0 spiro atoms. The van der Waals surface area contributed by atoms with Crippen molar-refractivity contribution in [2.75, 3.05) is 7.11 Å². The Hall–Kier alpha value is -3.98. The van der Waals surface area contributed by atoms with Gasteiger partial charge < -0.3 is 34.5 Å². The Morgan fingerprint density at radius 3 is 2.74 bits per heavy atom. The number of fused-ring (bicyclic) bond motifs is 2. The fourth-order valence-corrected chi connectivity index (χ4v) is 4.15. The largest absolute Gasteiger partial charge is 0.548 e. The molecule has 2 heterocycles. The predicted molar refractivity (Wildman–Crippen MR) is 123 cm³/mol. The maximum absolute atomic E-state index is 12.7. The molecule has 0 unspecified atom stereocenters. The van der Waals surface area contributed by atoms with Crippen molar-refractivity contribution in [3.8, 4) is 11.5 Å². The fourth-order valence-electron chi connectivity index (χ4n) is 3.90. The lowest BCUT2D eigenvalue weighted by molar-refractivity contribution is -0.308. The number of aliphatic carboxylic acids is 1. The molecule has 1 atom stereocenters. The summed E-state index contributed by atoms with van der Waals surface area (Å²) in [5.74, 6) is -1.81. The van der Waals surface area contributed by atoms with E-state index in [9.17, 15) is 24.6 Å². The predicted octanol–water partition coefficient (Wildman–Crippen LogP) is 1.97. The van der Waals surface area contributed by atoms with Crippen LogP contribution in [0.5, 0.6) is 11.5 Å². The van der Waals surface area contributed by atoms with E-state index in [0.717, 1.165) is 0 Å². The number of amides is 1. The topological polar surface area (TPSA) is 145 Å². The number of carbonyl (C=O) groups is 2. The first-order valence-corrected chi connectivity index (χ1v) is 10.6. The maximum Gasteiger partial charge on any atom is 0.340 e. The number of carboxylic acid groups (broad SMARTS) is 1. The Morgan fingerprint density at radius 1 is 1.26 bits per heavy atom. The number of H-pyrrole nitrogens is 1. The molecule has 0 fully saturated rings. The van der Waals surface area contributed by atoms with Crippen LogP contribution >= 0.6 is 11.6 Å². The van der Waals surface area contributed by atoms with E-state index >= 15 is 0 Å². The number of benzene rings is 2. The molecule has 9 nitrogen and oxygen atoms in total. The lowest BCUT2D eigenvalue weighted by Gasteiger charge is -2.20. The number of phenols is 1. The van der Waals surface area contributed by atoms with Crippen molar-refractivity contribution in [1.29, 1.82) is 0 Å². The minimum Gasteiger partial charge on any atom is -0.548 e. The summed E-state index contributed by atoms with van der Waals surface area (Å²) in [5, 5.41) is 25.3. The number of nitrogens with one attached hydrogen (secondary N) is 2. The molecule has 2 aromatic heterocycles.